The molecule has 18 heavy (non-hydrogen) atoms. The van der Waals surface area contributed by atoms with Crippen molar-refractivity contribution in [3.8, 4) is 0 Å². The zero-order valence-corrected chi connectivity index (χ0v) is 12.1. The van der Waals surface area contributed by atoms with Crippen LogP contribution in [0.15, 0.2) is 12.3 Å². The Balaban J connectivity index is 3.25. The van der Waals surface area contributed by atoms with Gasteiger partial charge in [-0.2, -0.15) is 0 Å². The summed E-state index contributed by atoms with van der Waals surface area (Å²) >= 11 is 0. The topological polar surface area (TPSA) is 62.4 Å². The summed E-state index contributed by atoms with van der Waals surface area (Å²) in [6.45, 7) is 6.14. The van der Waals surface area contributed by atoms with E-state index in [4.69, 9.17) is 5.73 Å². The smallest absolute Gasteiger partial charge is 0.129 e. The third kappa shape index (κ3) is 2.49. The summed E-state index contributed by atoms with van der Waals surface area (Å²) in [7, 11) is 3.99. The largest absolute Gasteiger partial charge is 0.386 e. The van der Waals surface area contributed by atoms with E-state index < -0.39 is 6.10 Å². The molecule has 0 saturated carbocycles. The number of likely N-dealkylation sites (N-methyl/N-ethyl adjacent to an activating group) is 1. The average Bonchev–Trinajstić information content (AvgIpc) is 2.34. The number of aliphatic hydroxyl groups is 1. The van der Waals surface area contributed by atoms with E-state index in [0.717, 1.165) is 24.0 Å². The second-order valence-corrected chi connectivity index (χ2v) is 5.09. The van der Waals surface area contributed by atoms with Crippen molar-refractivity contribution in [2.45, 2.75) is 45.3 Å². The third-order valence-corrected chi connectivity index (χ3v) is 4.00. The highest BCUT2D eigenvalue weighted by molar-refractivity contribution is 5.43. The molecule has 0 aromatic carbocycles. The van der Waals surface area contributed by atoms with Crippen molar-refractivity contribution in [3.05, 3.63) is 23.4 Å². The number of pyridine rings is 1. The van der Waals surface area contributed by atoms with E-state index in [1.54, 1.807) is 6.20 Å². The second-order valence-electron chi connectivity index (χ2n) is 5.09. The number of aliphatic hydroxyl groups excluding tert-OH is 1. The maximum absolute atomic E-state index is 10.7. The lowest BCUT2D eigenvalue weighted by atomic mass is 9.81. The van der Waals surface area contributed by atoms with Crippen LogP contribution in [-0.2, 0) is 0 Å². The SMILES string of the molecule is CCC(CC)(C(O)c1cc(C)cnc1N)N(C)C. The van der Waals surface area contributed by atoms with E-state index in [1.807, 2.05) is 27.1 Å². The lowest BCUT2D eigenvalue weighted by Gasteiger charge is -2.43. The van der Waals surface area contributed by atoms with Gasteiger partial charge in [0.1, 0.15) is 11.9 Å². The highest BCUT2D eigenvalue weighted by Gasteiger charge is 2.38. The molecule has 0 saturated heterocycles. The van der Waals surface area contributed by atoms with E-state index in [9.17, 15) is 5.11 Å². The molecule has 0 aliphatic rings. The van der Waals surface area contributed by atoms with E-state index in [1.165, 1.54) is 0 Å². The van der Waals surface area contributed by atoms with Crippen LogP contribution in [0.3, 0.4) is 0 Å². The van der Waals surface area contributed by atoms with Crippen LogP contribution in [0, 0.1) is 6.92 Å². The van der Waals surface area contributed by atoms with Gasteiger partial charge in [-0.15, -0.1) is 0 Å². The van der Waals surface area contributed by atoms with Crippen LogP contribution in [-0.4, -0.2) is 34.6 Å². The number of anilines is 1. The number of nitrogens with zero attached hydrogens (tertiary/aromatic N) is 2. The minimum atomic E-state index is -0.630. The quantitative estimate of drug-likeness (QED) is 0.841. The zero-order valence-electron chi connectivity index (χ0n) is 12.1. The molecule has 4 nitrogen and oxygen atoms in total. The molecule has 3 N–H and O–H groups in total. The molecule has 1 unspecified atom stereocenters. The molecule has 0 amide bonds. The van der Waals surface area contributed by atoms with Gasteiger partial charge < -0.3 is 15.7 Å². The van der Waals surface area contributed by atoms with Crippen LogP contribution < -0.4 is 5.73 Å². The summed E-state index contributed by atoms with van der Waals surface area (Å²) in [4.78, 5) is 6.22. The van der Waals surface area contributed by atoms with Gasteiger partial charge in [-0.25, -0.2) is 4.98 Å². The van der Waals surface area contributed by atoms with Crippen LogP contribution in [0.4, 0.5) is 5.82 Å². The third-order valence-electron chi connectivity index (χ3n) is 4.00. The van der Waals surface area contributed by atoms with Gasteiger partial charge in [0, 0.05) is 11.8 Å². The molecule has 1 aromatic heterocycles. The molecule has 0 spiro atoms. The lowest BCUT2D eigenvalue weighted by molar-refractivity contribution is -0.0147. The van der Waals surface area contributed by atoms with E-state index in [2.05, 4.69) is 23.7 Å². The second kappa shape index (κ2) is 5.67. The first kappa shape index (κ1) is 14.9. The Labute approximate surface area is 110 Å². The molecule has 1 rings (SSSR count). The number of hydrogen-bond acceptors (Lipinski definition) is 4. The van der Waals surface area contributed by atoms with Gasteiger partial charge in [0.05, 0.1) is 5.54 Å². The van der Waals surface area contributed by atoms with Gasteiger partial charge in [-0.05, 0) is 45.5 Å². The Kier molecular flexibility index (Phi) is 4.71. The molecule has 1 atom stereocenters. The van der Waals surface area contributed by atoms with Crippen LogP contribution in [0.1, 0.15) is 43.9 Å². The monoisotopic (exact) mass is 251 g/mol. The number of nitrogen functional groups attached to an aromatic ring is 1. The van der Waals surface area contributed by atoms with Crippen LogP contribution in [0.5, 0.6) is 0 Å². The van der Waals surface area contributed by atoms with Gasteiger partial charge in [0.15, 0.2) is 0 Å². The van der Waals surface area contributed by atoms with Gasteiger partial charge in [0.2, 0.25) is 0 Å². The highest BCUT2D eigenvalue weighted by Crippen LogP contribution is 2.37. The first-order valence-electron chi connectivity index (χ1n) is 6.46. The number of hydrogen-bond donors (Lipinski definition) is 2. The molecular weight excluding hydrogens is 226 g/mol. The Morgan fingerprint density at radius 1 is 1.39 bits per heavy atom. The average molecular weight is 251 g/mol. The fourth-order valence-electron chi connectivity index (χ4n) is 2.62. The van der Waals surface area contributed by atoms with Crippen LogP contribution >= 0.6 is 0 Å². The van der Waals surface area contributed by atoms with Crippen molar-refractivity contribution in [3.63, 3.8) is 0 Å². The molecule has 4 heteroatoms. The number of aryl methyl sites for hydroxylation is 1. The fourth-order valence-corrected chi connectivity index (χ4v) is 2.62. The molecule has 0 bridgehead atoms. The van der Waals surface area contributed by atoms with Crippen molar-refractivity contribution < 1.29 is 5.11 Å². The molecule has 0 aliphatic carbocycles. The van der Waals surface area contributed by atoms with E-state index in [-0.39, 0.29) is 5.54 Å². The van der Waals surface area contributed by atoms with E-state index in [0.29, 0.717) is 5.82 Å². The molecule has 1 aromatic rings. The maximum atomic E-state index is 10.7. The van der Waals surface area contributed by atoms with Gasteiger partial charge >= 0.3 is 0 Å². The Morgan fingerprint density at radius 2 is 1.94 bits per heavy atom. The first-order chi connectivity index (χ1) is 8.39. The minimum Gasteiger partial charge on any atom is -0.386 e. The van der Waals surface area contributed by atoms with E-state index >= 15 is 0 Å². The van der Waals surface area contributed by atoms with Crippen molar-refractivity contribution >= 4 is 5.82 Å². The predicted octanol–water partition coefficient (Wildman–Crippen LogP) is 2.13. The Morgan fingerprint density at radius 3 is 2.39 bits per heavy atom. The summed E-state index contributed by atoms with van der Waals surface area (Å²) in [5, 5.41) is 10.7. The summed E-state index contributed by atoms with van der Waals surface area (Å²) in [6.07, 6.45) is 2.80. The molecule has 0 aliphatic heterocycles. The summed E-state index contributed by atoms with van der Waals surface area (Å²) in [5.41, 5.74) is 7.35. The Bertz CT molecular complexity index is 400. The first-order valence-corrected chi connectivity index (χ1v) is 6.46. The molecule has 0 radical (unpaired) electrons. The fraction of sp³-hybridized carbons (Fsp3) is 0.643. The number of rotatable bonds is 5. The molecule has 0 fully saturated rings. The molecular formula is C14H25N3O. The normalized spacial score (nSPS) is 13.9. The standard InChI is InChI=1S/C14H25N3O/c1-6-14(7-2,17(4)5)12(18)11-8-10(3)9-16-13(11)15/h8-9,12,18H,6-7H2,1-5H3,(H2,15,16). The lowest BCUT2D eigenvalue weighted by Crippen LogP contribution is -2.48. The van der Waals surface area contributed by atoms with Crippen molar-refractivity contribution in [1.82, 2.24) is 9.88 Å². The molecule has 1 heterocycles. The van der Waals surface area contributed by atoms with Crippen LogP contribution in [0.2, 0.25) is 0 Å². The predicted molar refractivity (Wildman–Crippen MR) is 75.3 cm³/mol. The van der Waals surface area contributed by atoms with Crippen LogP contribution in [0.25, 0.3) is 0 Å². The summed E-state index contributed by atoms with van der Waals surface area (Å²) in [5.74, 6) is 0.418. The van der Waals surface area contributed by atoms with Gasteiger partial charge in [0.25, 0.3) is 0 Å². The van der Waals surface area contributed by atoms with Crippen molar-refractivity contribution in [2.24, 2.45) is 0 Å². The van der Waals surface area contributed by atoms with Gasteiger partial charge in [-0.3, -0.25) is 0 Å². The Hall–Kier alpha value is -1.13. The maximum Gasteiger partial charge on any atom is 0.129 e. The number of nitrogens with two attached hydrogens (primary N) is 1. The van der Waals surface area contributed by atoms with Crippen molar-refractivity contribution in [2.75, 3.05) is 19.8 Å². The molecule has 102 valence electrons. The summed E-state index contributed by atoms with van der Waals surface area (Å²) in [6, 6.07) is 1.93. The minimum absolute atomic E-state index is 0.302. The van der Waals surface area contributed by atoms with Gasteiger partial charge in [-0.1, -0.05) is 13.8 Å². The zero-order chi connectivity index (χ0) is 13.9. The van der Waals surface area contributed by atoms with Crippen molar-refractivity contribution in [1.29, 1.82) is 0 Å². The highest BCUT2D eigenvalue weighted by atomic mass is 16.3. The summed E-state index contributed by atoms with van der Waals surface area (Å²) < 4.78 is 0. The number of aromatic nitrogens is 1.